The fourth-order valence-electron chi connectivity index (χ4n) is 2.17. The summed E-state index contributed by atoms with van der Waals surface area (Å²) in [5.41, 5.74) is 7.65. The lowest BCUT2D eigenvalue weighted by atomic mass is 10.3. The van der Waals surface area contributed by atoms with Crippen molar-refractivity contribution in [1.82, 2.24) is 24.5 Å². The average molecular weight is 329 g/mol. The zero-order chi connectivity index (χ0) is 15.6. The van der Waals surface area contributed by atoms with Crippen molar-refractivity contribution in [1.29, 1.82) is 0 Å². The van der Waals surface area contributed by atoms with Gasteiger partial charge in [0.05, 0.1) is 23.0 Å². The molecule has 0 amide bonds. The van der Waals surface area contributed by atoms with Crippen LogP contribution in [-0.4, -0.2) is 24.5 Å². The molecule has 0 saturated heterocycles. The zero-order valence-corrected chi connectivity index (χ0v) is 14.4. The summed E-state index contributed by atoms with van der Waals surface area (Å²) < 4.78 is 3.91. The number of rotatable bonds is 6. The van der Waals surface area contributed by atoms with Crippen molar-refractivity contribution in [3.8, 4) is 0 Å². The lowest BCUT2D eigenvalue weighted by molar-refractivity contribution is 0.526. The van der Waals surface area contributed by atoms with Crippen molar-refractivity contribution in [2.45, 2.75) is 50.7 Å². The molecular formula is C13H21ClN6S. The second-order valence-corrected chi connectivity index (χ2v) is 6.36. The molecular weight excluding hydrogens is 308 g/mol. The third-order valence-electron chi connectivity index (χ3n) is 3.28. The van der Waals surface area contributed by atoms with E-state index in [9.17, 15) is 0 Å². The van der Waals surface area contributed by atoms with E-state index < -0.39 is 0 Å². The number of hydrogen-bond donors (Lipinski definition) is 1. The SMILES string of the molecule is CCc1nn(C)c(CSc2nnc(CN)n2C(C)C)c1Cl. The molecule has 0 aliphatic carbocycles. The highest BCUT2D eigenvalue weighted by Crippen LogP contribution is 2.29. The Labute approximate surface area is 134 Å². The number of thioether (sulfide) groups is 1. The molecule has 6 nitrogen and oxygen atoms in total. The number of nitrogens with zero attached hydrogens (tertiary/aromatic N) is 5. The molecule has 0 aliphatic rings. The molecule has 2 heterocycles. The second kappa shape index (κ2) is 6.81. The lowest BCUT2D eigenvalue weighted by Crippen LogP contribution is -2.11. The van der Waals surface area contributed by atoms with Crippen LogP contribution in [-0.2, 0) is 25.8 Å². The predicted octanol–water partition coefficient (Wildman–Crippen LogP) is 2.56. The highest BCUT2D eigenvalue weighted by Gasteiger charge is 2.17. The van der Waals surface area contributed by atoms with Crippen molar-refractivity contribution in [3.05, 3.63) is 22.2 Å². The van der Waals surface area contributed by atoms with Crippen LogP contribution in [0, 0.1) is 0 Å². The molecule has 21 heavy (non-hydrogen) atoms. The van der Waals surface area contributed by atoms with Crippen LogP contribution in [0.4, 0.5) is 0 Å². The van der Waals surface area contributed by atoms with E-state index in [0.717, 1.165) is 33.8 Å². The molecule has 2 aromatic heterocycles. The molecule has 2 N–H and O–H groups in total. The summed E-state index contributed by atoms with van der Waals surface area (Å²) in [6.07, 6.45) is 0.830. The summed E-state index contributed by atoms with van der Waals surface area (Å²) in [6, 6.07) is 0.272. The van der Waals surface area contributed by atoms with Gasteiger partial charge < -0.3 is 10.3 Å². The van der Waals surface area contributed by atoms with E-state index in [2.05, 4.69) is 33.7 Å². The molecule has 0 unspecified atom stereocenters. The van der Waals surface area contributed by atoms with Crippen LogP contribution < -0.4 is 5.73 Å². The smallest absolute Gasteiger partial charge is 0.191 e. The van der Waals surface area contributed by atoms with E-state index in [1.165, 1.54) is 0 Å². The van der Waals surface area contributed by atoms with Gasteiger partial charge >= 0.3 is 0 Å². The molecule has 0 saturated carbocycles. The Hall–Kier alpha value is -1.05. The number of hydrogen-bond acceptors (Lipinski definition) is 5. The molecule has 0 atom stereocenters. The molecule has 2 rings (SSSR count). The fourth-order valence-corrected chi connectivity index (χ4v) is 3.76. The molecule has 2 aromatic rings. The van der Waals surface area contributed by atoms with Gasteiger partial charge in [-0.1, -0.05) is 30.3 Å². The quantitative estimate of drug-likeness (QED) is 0.825. The van der Waals surface area contributed by atoms with E-state index in [4.69, 9.17) is 17.3 Å². The lowest BCUT2D eigenvalue weighted by Gasteiger charge is -2.12. The van der Waals surface area contributed by atoms with Gasteiger partial charge in [0, 0.05) is 18.8 Å². The maximum Gasteiger partial charge on any atom is 0.191 e. The minimum atomic E-state index is 0.272. The first kappa shape index (κ1) is 16.3. The monoisotopic (exact) mass is 328 g/mol. The number of aryl methyl sites for hydroxylation is 2. The van der Waals surface area contributed by atoms with Crippen molar-refractivity contribution >= 4 is 23.4 Å². The van der Waals surface area contributed by atoms with Crippen molar-refractivity contribution in [2.75, 3.05) is 0 Å². The summed E-state index contributed by atoms with van der Waals surface area (Å²) >= 11 is 7.98. The summed E-state index contributed by atoms with van der Waals surface area (Å²) in [4.78, 5) is 0. The maximum absolute atomic E-state index is 6.37. The fraction of sp³-hybridized carbons (Fsp3) is 0.615. The number of halogens is 1. The number of nitrogens with two attached hydrogens (primary N) is 1. The molecule has 0 fully saturated rings. The second-order valence-electron chi connectivity index (χ2n) is 5.04. The molecule has 0 aliphatic heterocycles. The molecule has 116 valence electrons. The van der Waals surface area contributed by atoms with Crippen LogP contribution in [0.1, 0.15) is 44.0 Å². The van der Waals surface area contributed by atoms with Gasteiger partial charge in [0.1, 0.15) is 5.82 Å². The summed E-state index contributed by atoms with van der Waals surface area (Å²) in [6.45, 7) is 6.63. The Balaban J connectivity index is 2.21. The van der Waals surface area contributed by atoms with Gasteiger partial charge in [0.15, 0.2) is 5.16 Å². The highest BCUT2D eigenvalue weighted by atomic mass is 35.5. The standard InChI is InChI=1S/C13H21ClN6S/c1-5-9-12(14)10(19(4)18-9)7-21-13-17-16-11(6-15)20(13)8(2)3/h8H,5-7,15H2,1-4H3. The molecule has 0 bridgehead atoms. The topological polar surface area (TPSA) is 74.6 Å². The van der Waals surface area contributed by atoms with E-state index in [0.29, 0.717) is 12.3 Å². The van der Waals surface area contributed by atoms with Crippen LogP contribution >= 0.6 is 23.4 Å². The van der Waals surface area contributed by atoms with Crippen LogP contribution in [0.25, 0.3) is 0 Å². The van der Waals surface area contributed by atoms with Crippen molar-refractivity contribution in [2.24, 2.45) is 12.8 Å². The Kier molecular flexibility index (Phi) is 5.29. The number of aromatic nitrogens is 5. The van der Waals surface area contributed by atoms with Gasteiger partial charge in [-0.3, -0.25) is 4.68 Å². The van der Waals surface area contributed by atoms with Gasteiger partial charge in [0.2, 0.25) is 0 Å². The van der Waals surface area contributed by atoms with E-state index in [1.54, 1.807) is 11.8 Å². The van der Waals surface area contributed by atoms with Gasteiger partial charge in [-0.25, -0.2) is 0 Å². The maximum atomic E-state index is 6.37. The molecule has 8 heteroatoms. The Bertz CT molecular complexity index is 618. The van der Waals surface area contributed by atoms with Crippen LogP contribution in [0.3, 0.4) is 0 Å². The predicted molar refractivity (Wildman–Crippen MR) is 85.5 cm³/mol. The minimum absolute atomic E-state index is 0.272. The first-order valence-corrected chi connectivity index (χ1v) is 8.32. The first-order chi connectivity index (χ1) is 9.99. The van der Waals surface area contributed by atoms with Crippen molar-refractivity contribution < 1.29 is 0 Å². The van der Waals surface area contributed by atoms with Crippen LogP contribution in [0.2, 0.25) is 5.02 Å². The Morgan fingerprint density at radius 2 is 2.05 bits per heavy atom. The largest absolute Gasteiger partial charge is 0.324 e. The summed E-state index contributed by atoms with van der Waals surface area (Å²) in [7, 11) is 1.92. The van der Waals surface area contributed by atoms with Gasteiger partial charge in [-0.2, -0.15) is 5.10 Å². The van der Waals surface area contributed by atoms with E-state index in [-0.39, 0.29) is 6.04 Å². The van der Waals surface area contributed by atoms with Gasteiger partial charge in [-0.05, 0) is 20.3 Å². The zero-order valence-electron chi connectivity index (χ0n) is 12.8. The molecule has 0 spiro atoms. The third kappa shape index (κ3) is 3.25. The summed E-state index contributed by atoms with van der Waals surface area (Å²) in [5, 5.41) is 14.4. The first-order valence-electron chi connectivity index (χ1n) is 6.96. The Morgan fingerprint density at radius 1 is 1.33 bits per heavy atom. The van der Waals surface area contributed by atoms with E-state index in [1.807, 2.05) is 18.7 Å². The molecule has 0 aromatic carbocycles. The third-order valence-corrected chi connectivity index (χ3v) is 4.67. The van der Waals surface area contributed by atoms with Crippen molar-refractivity contribution in [3.63, 3.8) is 0 Å². The van der Waals surface area contributed by atoms with Crippen LogP contribution in [0.15, 0.2) is 5.16 Å². The van der Waals surface area contributed by atoms with E-state index >= 15 is 0 Å². The molecule has 0 radical (unpaired) electrons. The van der Waals surface area contributed by atoms with Gasteiger partial charge in [0.25, 0.3) is 0 Å². The summed E-state index contributed by atoms with van der Waals surface area (Å²) in [5.74, 6) is 1.51. The van der Waals surface area contributed by atoms with Gasteiger partial charge in [-0.15, -0.1) is 10.2 Å². The average Bonchev–Trinajstić information content (AvgIpc) is 2.98. The highest BCUT2D eigenvalue weighted by molar-refractivity contribution is 7.98. The Morgan fingerprint density at radius 3 is 2.57 bits per heavy atom. The minimum Gasteiger partial charge on any atom is -0.324 e. The normalized spacial score (nSPS) is 11.6. The van der Waals surface area contributed by atoms with Crippen LogP contribution in [0.5, 0.6) is 0 Å².